The Balaban J connectivity index is 0.000000290. The molecule has 2 aliphatic rings. The number of primary sulfonamides is 1. The molecule has 0 heterocycles. The summed E-state index contributed by atoms with van der Waals surface area (Å²) in [5.74, 6) is 2.01. The van der Waals surface area contributed by atoms with Gasteiger partial charge in [-0.1, -0.05) is 53.9 Å². The monoisotopic (exact) mass is 395 g/mol. The first-order valence-electron chi connectivity index (χ1n) is 7.84. The molecule has 4 nitrogen and oxygen atoms in total. The average molecular weight is 396 g/mol. The third-order valence-corrected chi connectivity index (χ3v) is 5.44. The number of benzene rings is 3. The Labute approximate surface area is 162 Å². The maximum Gasteiger partial charge on any atom is 0.239 e. The zero-order chi connectivity index (χ0) is 19.6. The first kappa shape index (κ1) is 18.9. The van der Waals surface area contributed by atoms with Crippen LogP contribution in [0.3, 0.4) is 0 Å². The average Bonchev–Trinajstić information content (AvgIpc) is 2.64. The van der Waals surface area contributed by atoms with Crippen LogP contribution in [0.15, 0.2) is 71.6 Å². The number of carbonyl (C=O) groups is 1. The molecule has 27 heavy (non-hydrogen) atoms. The summed E-state index contributed by atoms with van der Waals surface area (Å²) in [6.07, 6.45) is 5.35. The smallest absolute Gasteiger partial charge is 0.239 e. The minimum atomic E-state index is -4.01. The van der Waals surface area contributed by atoms with E-state index in [1.54, 1.807) is 24.3 Å². The van der Waals surface area contributed by atoms with Gasteiger partial charge >= 0.3 is 0 Å². The van der Waals surface area contributed by atoms with Crippen molar-refractivity contribution in [1.29, 1.82) is 0 Å². The molecule has 4 rings (SSSR count). The third-order valence-electron chi connectivity index (χ3n) is 4.05. The molecular formula is C21H14ClNO3S. The molecule has 2 aliphatic carbocycles. The van der Waals surface area contributed by atoms with E-state index < -0.39 is 15.8 Å². The van der Waals surface area contributed by atoms with E-state index in [1.165, 1.54) is 23.3 Å². The summed E-state index contributed by atoms with van der Waals surface area (Å²) in [7, 11) is -4.01. The van der Waals surface area contributed by atoms with Gasteiger partial charge in [0.15, 0.2) is 5.78 Å². The van der Waals surface area contributed by atoms with Crippen molar-refractivity contribution in [3.63, 3.8) is 0 Å². The summed E-state index contributed by atoms with van der Waals surface area (Å²) in [5.41, 5.74) is 3.73. The number of nitrogens with two attached hydrogens (primary N) is 1. The standard InChI is InChI=1S/C15H10ClNO3S.C6H4/c1-2-10-5-3-4-6-12(10)15(18)11-7-8-13(16)14(9-11)21(17,19)20;1-2-6-4-3-5(1)6/h1,3-9H,(H2,17,19,20);1-4H. The SMILES string of the molecule is C#Cc1ccccc1C(=O)c1ccc(Cl)c(S(N)(=O)=O)c1.c1cc2ccc1-2. The van der Waals surface area contributed by atoms with E-state index in [-0.39, 0.29) is 15.5 Å². The second-order valence-electron chi connectivity index (χ2n) is 5.79. The topological polar surface area (TPSA) is 77.2 Å². The number of rotatable bonds is 3. The molecule has 0 spiro atoms. The van der Waals surface area contributed by atoms with Crippen LogP contribution in [0.4, 0.5) is 0 Å². The predicted octanol–water partition coefficient (Wildman–Crippen LogP) is 3.87. The third kappa shape index (κ3) is 3.93. The minimum absolute atomic E-state index is 0.0423. The Kier molecular flexibility index (Phi) is 5.15. The molecule has 134 valence electrons. The van der Waals surface area contributed by atoms with E-state index in [4.69, 9.17) is 23.2 Å². The lowest BCUT2D eigenvalue weighted by Crippen LogP contribution is -2.14. The van der Waals surface area contributed by atoms with E-state index in [9.17, 15) is 13.2 Å². The number of terminal acetylenes is 1. The number of hydrogen-bond donors (Lipinski definition) is 1. The van der Waals surface area contributed by atoms with E-state index in [1.807, 2.05) is 0 Å². The van der Waals surface area contributed by atoms with Crippen LogP contribution in [0.1, 0.15) is 21.5 Å². The molecule has 2 aromatic rings. The second kappa shape index (κ2) is 7.37. The molecule has 0 atom stereocenters. The molecule has 0 radical (unpaired) electrons. The minimum Gasteiger partial charge on any atom is -0.289 e. The van der Waals surface area contributed by atoms with Gasteiger partial charge in [-0.3, -0.25) is 4.79 Å². The van der Waals surface area contributed by atoms with Gasteiger partial charge in [0.1, 0.15) is 4.90 Å². The van der Waals surface area contributed by atoms with Crippen molar-refractivity contribution in [3.05, 3.63) is 88.4 Å². The number of sulfonamides is 1. The molecule has 6 heteroatoms. The number of ketones is 1. The summed E-state index contributed by atoms with van der Waals surface area (Å²) in [6, 6.07) is 18.9. The summed E-state index contributed by atoms with van der Waals surface area (Å²) in [5, 5.41) is 5.02. The van der Waals surface area contributed by atoms with Crippen LogP contribution >= 0.6 is 11.6 Å². The van der Waals surface area contributed by atoms with Crippen LogP contribution in [0.5, 0.6) is 0 Å². The fraction of sp³-hybridized carbons (Fsp3) is 0. The molecule has 2 N–H and O–H groups in total. The number of carbonyl (C=O) groups excluding carboxylic acids is 1. The highest BCUT2D eigenvalue weighted by Gasteiger charge is 2.18. The van der Waals surface area contributed by atoms with Crippen LogP contribution in [-0.4, -0.2) is 14.2 Å². The number of hydrogen-bond acceptors (Lipinski definition) is 3. The van der Waals surface area contributed by atoms with Crippen molar-refractivity contribution >= 4 is 27.4 Å². The quantitative estimate of drug-likeness (QED) is 0.422. The van der Waals surface area contributed by atoms with Crippen molar-refractivity contribution in [3.8, 4) is 23.5 Å². The van der Waals surface area contributed by atoms with Crippen LogP contribution in [-0.2, 0) is 10.0 Å². The predicted molar refractivity (Wildman–Crippen MR) is 106 cm³/mol. The highest BCUT2D eigenvalue weighted by molar-refractivity contribution is 7.89. The first-order valence-corrected chi connectivity index (χ1v) is 9.77. The highest BCUT2D eigenvalue weighted by Crippen LogP contribution is 2.29. The largest absolute Gasteiger partial charge is 0.289 e. The van der Waals surface area contributed by atoms with Gasteiger partial charge in [-0.2, -0.15) is 0 Å². The van der Waals surface area contributed by atoms with Gasteiger partial charge in [-0.25, -0.2) is 13.6 Å². The van der Waals surface area contributed by atoms with Crippen molar-refractivity contribution in [1.82, 2.24) is 0 Å². The van der Waals surface area contributed by atoms with Crippen molar-refractivity contribution in [2.45, 2.75) is 4.90 Å². The molecule has 0 fully saturated rings. The maximum absolute atomic E-state index is 12.4. The zero-order valence-corrected chi connectivity index (χ0v) is 15.6. The van der Waals surface area contributed by atoms with Gasteiger partial charge in [0.2, 0.25) is 10.0 Å². The van der Waals surface area contributed by atoms with Crippen LogP contribution in [0.25, 0.3) is 11.1 Å². The second-order valence-corrected chi connectivity index (χ2v) is 7.72. The Hall–Kier alpha value is -2.91. The van der Waals surface area contributed by atoms with Crippen LogP contribution < -0.4 is 5.14 Å². The molecule has 0 saturated heterocycles. The van der Waals surface area contributed by atoms with Gasteiger partial charge in [-0.15, -0.1) is 6.42 Å². The van der Waals surface area contributed by atoms with Gasteiger partial charge in [0.05, 0.1) is 5.02 Å². The molecule has 2 aromatic carbocycles. The zero-order valence-electron chi connectivity index (χ0n) is 14.0. The normalized spacial score (nSPS) is 11.0. The van der Waals surface area contributed by atoms with Gasteiger partial charge in [0.25, 0.3) is 0 Å². The fourth-order valence-corrected chi connectivity index (χ4v) is 3.56. The summed E-state index contributed by atoms with van der Waals surface area (Å²) in [4.78, 5) is 12.1. The van der Waals surface area contributed by atoms with E-state index >= 15 is 0 Å². The maximum atomic E-state index is 12.4. The van der Waals surface area contributed by atoms with Gasteiger partial charge in [-0.05, 0) is 41.5 Å². The molecule has 0 amide bonds. The Morgan fingerprint density at radius 3 is 2.04 bits per heavy atom. The fourth-order valence-electron chi connectivity index (χ4n) is 2.49. The molecule has 0 aromatic heterocycles. The molecule has 0 unspecified atom stereocenters. The summed E-state index contributed by atoms with van der Waals surface area (Å²) < 4.78 is 22.9. The number of fused-ring (bicyclic) bond motifs is 1. The highest BCUT2D eigenvalue weighted by atomic mass is 35.5. The summed E-state index contributed by atoms with van der Waals surface area (Å²) >= 11 is 5.79. The van der Waals surface area contributed by atoms with Crippen molar-refractivity contribution in [2.24, 2.45) is 5.14 Å². The lowest BCUT2D eigenvalue weighted by atomic mass is 9.95. The van der Waals surface area contributed by atoms with Crippen molar-refractivity contribution < 1.29 is 13.2 Å². The van der Waals surface area contributed by atoms with Gasteiger partial charge in [0, 0.05) is 16.7 Å². The lowest BCUT2D eigenvalue weighted by molar-refractivity contribution is 0.103. The van der Waals surface area contributed by atoms with E-state index in [0.29, 0.717) is 11.1 Å². The lowest BCUT2D eigenvalue weighted by Gasteiger charge is -2.10. The van der Waals surface area contributed by atoms with Gasteiger partial charge < -0.3 is 0 Å². The molecular weight excluding hydrogens is 382 g/mol. The Morgan fingerprint density at radius 2 is 1.56 bits per heavy atom. The van der Waals surface area contributed by atoms with Crippen LogP contribution in [0, 0.1) is 12.3 Å². The number of halogens is 1. The Morgan fingerprint density at radius 1 is 0.963 bits per heavy atom. The molecule has 0 aliphatic heterocycles. The van der Waals surface area contributed by atoms with E-state index in [2.05, 4.69) is 30.2 Å². The molecule has 0 bridgehead atoms. The van der Waals surface area contributed by atoms with E-state index in [0.717, 1.165) is 6.07 Å². The summed E-state index contributed by atoms with van der Waals surface area (Å²) in [6.45, 7) is 0. The van der Waals surface area contributed by atoms with Crippen LogP contribution in [0.2, 0.25) is 5.02 Å². The molecule has 0 saturated carbocycles. The van der Waals surface area contributed by atoms with Crippen molar-refractivity contribution in [2.75, 3.05) is 0 Å². The Bertz CT molecular complexity index is 1160. The first-order chi connectivity index (χ1) is 12.8.